The standard InChI is InChI=1S/C14H14N2O3S/c1-3-18-14(17)11-8(2)16-13(20)9(7-15)12(11)10-5-4-6-19-10/h4-6,12,15H,3H2,1-2H3,(H,16,20). The molecule has 1 aliphatic heterocycles. The van der Waals surface area contributed by atoms with Gasteiger partial charge in [-0.15, -0.1) is 0 Å². The Morgan fingerprint density at radius 1 is 1.65 bits per heavy atom. The summed E-state index contributed by atoms with van der Waals surface area (Å²) in [5.41, 5.74) is 1.39. The van der Waals surface area contributed by atoms with Crippen LogP contribution in [0.5, 0.6) is 0 Å². The summed E-state index contributed by atoms with van der Waals surface area (Å²) >= 11 is 5.20. The number of allylic oxidation sites excluding steroid dienone is 1. The molecule has 1 aliphatic rings. The van der Waals surface area contributed by atoms with Crippen molar-refractivity contribution in [2.45, 2.75) is 19.8 Å². The Balaban J connectivity index is 2.59. The van der Waals surface area contributed by atoms with Gasteiger partial charge in [0.15, 0.2) is 0 Å². The summed E-state index contributed by atoms with van der Waals surface area (Å²) in [5.74, 6) is 1.82. The van der Waals surface area contributed by atoms with Crippen molar-refractivity contribution < 1.29 is 13.9 Å². The van der Waals surface area contributed by atoms with Gasteiger partial charge in [0, 0.05) is 5.70 Å². The van der Waals surface area contributed by atoms with Crippen LogP contribution >= 0.6 is 12.2 Å². The van der Waals surface area contributed by atoms with E-state index in [1.165, 1.54) is 6.26 Å². The second kappa shape index (κ2) is 5.86. The first-order valence-electron chi connectivity index (χ1n) is 6.12. The van der Waals surface area contributed by atoms with Crippen LogP contribution in [-0.4, -0.2) is 23.4 Å². The number of thiocarbonyl (C=S) groups is 1. The highest BCUT2D eigenvalue weighted by atomic mass is 32.1. The average Bonchev–Trinajstić information content (AvgIpc) is 2.91. The molecule has 2 N–H and O–H groups in total. The van der Waals surface area contributed by atoms with Crippen LogP contribution in [0.25, 0.3) is 0 Å². The van der Waals surface area contributed by atoms with E-state index in [1.54, 1.807) is 26.0 Å². The number of rotatable bonds is 3. The lowest BCUT2D eigenvalue weighted by Crippen LogP contribution is -2.35. The Morgan fingerprint density at radius 3 is 2.95 bits per heavy atom. The zero-order chi connectivity index (χ0) is 14.7. The molecule has 0 aliphatic carbocycles. The van der Waals surface area contributed by atoms with Gasteiger partial charge < -0.3 is 14.5 Å². The quantitative estimate of drug-likeness (QED) is 0.387. The van der Waals surface area contributed by atoms with Crippen molar-refractivity contribution in [1.29, 1.82) is 5.41 Å². The van der Waals surface area contributed by atoms with Crippen LogP contribution in [0.2, 0.25) is 0 Å². The maximum absolute atomic E-state index is 12.2. The SMILES string of the molecule is CCOC(=O)C1=C(C)NC(=S)C(=C=N)C1c1ccco1. The van der Waals surface area contributed by atoms with Crippen LogP contribution in [0.4, 0.5) is 0 Å². The second-order valence-electron chi connectivity index (χ2n) is 4.20. The Labute approximate surface area is 121 Å². The molecule has 1 aromatic heterocycles. The zero-order valence-electron chi connectivity index (χ0n) is 11.1. The molecule has 6 heteroatoms. The van der Waals surface area contributed by atoms with Gasteiger partial charge >= 0.3 is 5.97 Å². The number of ether oxygens (including phenoxy) is 1. The molecule has 1 aromatic rings. The summed E-state index contributed by atoms with van der Waals surface area (Å²) in [4.78, 5) is 12.5. The Bertz CT molecular complexity index is 625. The van der Waals surface area contributed by atoms with Crippen LogP contribution in [0, 0.1) is 5.41 Å². The van der Waals surface area contributed by atoms with Gasteiger partial charge in [0.05, 0.1) is 29.9 Å². The first-order chi connectivity index (χ1) is 9.60. The zero-order valence-corrected chi connectivity index (χ0v) is 12.0. The number of furan rings is 1. The van der Waals surface area contributed by atoms with Crippen molar-refractivity contribution in [3.8, 4) is 0 Å². The summed E-state index contributed by atoms with van der Waals surface area (Å²) < 4.78 is 10.5. The first-order valence-corrected chi connectivity index (χ1v) is 6.53. The Kier molecular flexibility index (Phi) is 4.17. The van der Waals surface area contributed by atoms with Gasteiger partial charge in [-0.2, -0.15) is 0 Å². The van der Waals surface area contributed by atoms with Gasteiger partial charge in [-0.25, -0.2) is 4.79 Å². The van der Waals surface area contributed by atoms with E-state index in [-0.39, 0.29) is 6.61 Å². The van der Waals surface area contributed by atoms with E-state index in [0.29, 0.717) is 27.6 Å². The fraction of sp³-hybridized carbons (Fsp3) is 0.286. The molecule has 2 heterocycles. The van der Waals surface area contributed by atoms with E-state index in [2.05, 4.69) is 11.2 Å². The number of esters is 1. The molecule has 1 atom stereocenters. The number of nitrogens with one attached hydrogen (secondary N) is 2. The monoisotopic (exact) mass is 290 g/mol. The third-order valence-corrected chi connectivity index (χ3v) is 3.31. The number of hydrogen-bond donors (Lipinski definition) is 2. The summed E-state index contributed by atoms with van der Waals surface area (Å²) in [5, 5.41) is 10.3. The Morgan fingerprint density at radius 2 is 2.40 bits per heavy atom. The van der Waals surface area contributed by atoms with Gasteiger partial charge in [0.1, 0.15) is 10.7 Å². The molecule has 0 spiro atoms. The second-order valence-corrected chi connectivity index (χ2v) is 4.61. The first kappa shape index (κ1) is 14.2. The molecule has 0 fully saturated rings. The van der Waals surface area contributed by atoms with Crippen molar-refractivity contribution >= 4 is 29.0 Å². The van der Waals surface area contributed by atoms with E-state index in [1.807, 2.05) is 0 Å². The predicted octanol–water partition coefficient (Wildman–Crippen LogP) is 2.31. The predicted molar refractivity (Wildman–Crippen MR) is 77.8 cm³/mol. The topological polar surface area (TPSA) is 75.3 Å². The molecule has 1 unspecified atom stereocenters. The highest BCUT2D eigenvalue weighted by Gasteiger charge is 2.37. The van der Waals surface area contributed by atoms with Gasteiger partial charge in [-0.1, -0.05) is 12.2 Å². The fourth-order valence-corrected chi connectivity index (χ4v) is 2.47. The number of carbonyl (C=O) groups excluding carboxylic acids is 1. The smallest absolute Gasteiger partial charge is 0.336 e. The molecule has 0 saturated carbocycles. The molecule has 5 nitrogen and oxygen atoms in total. The van der Waals surface area contributed by atoms with E-state index < -0.39 is 11.9 Å². The van der Waals surface area contributed by atoms with Crippen molar-refractivity contribution in [3.63, 3.8) is 0 Å². The Hall–Kier alpha value is -2.17. The molecular formula is C14H14N2O3S. The number of hydrogen-bond acceptors (Lipinski definition) is 5. The number of carbonyl (C=O) groups is 1. The molecule has 104 valence electrons. The minimum absolute atomic E-state index is 0.272. The lowest BCUT2D eigenvalue weighted by atomic mass is 9.85. The molecule has 0 radical (unpaired) electrons. The molecular weight excluding hydrogens is 276 g/mol. The van der Waals surface area contributed by atoms with Crippen molar-refractivity contribution in [1.82, 2.24) is 5.32 Å². The third-order valence-electron chi connectivity index (χ3n) is 2.98. The van der Waals surface area contributed by atoms with Crippen molar-refractivity contribution in [2.24, 2.45) is 0 Å². The largest absolute Gasteiger partial charge is 0.468 e. The highest BCUT2D eigenvalue weighted by molar-refractivity contribution is 7.80. The van der Waals surface area contributed by atoms with E-state index >= 15 is 0 Å². The summed E-state index contributed by atoms with van der Waals surface area (Å²) in [7, 11) is 0. The van der Waals surface area contributed by atoms with Crippen LogP contribution in [-0.2, 0) is 9.53 Å². The molecule has 2 rings (SSSR count). The van der Waals surface area contributed by atoms with E-state index in [0.717, 1.165) is 0 Å². The molecule has 20 heavy (non-hydrogen) atoms. The van der Waals surface area contributed by atoms with Crippen LogP contribution < -0.4 is 5.32 Å². The van der Waals surface area contributed by atoms with Gasteiger partial charge in [0.2, 0.25) is 0 Å². The van der Waals surface area contributed by atoms with Crippen LogP contribution in [0.3, 0.4) is 0 Å². The maximum Gasteiger partial charge on any atom is 0.336 e. The normalized spacial score (nSPS) is 18.6. The van der Waals surface area contributed by atoms with Crippen LogP contribution in [0.15, 0.2) is 39.7 Å². The van der Waals surface area contributed by atoms with Gasteiger partial charge in [-0.3, -0.25) is 5.41 Å². The third kappa shape index (κ3) is 2.43. The summed E-state index contributed by atoms with van der Waals surface area (Å²) in [6.45, 7) is 3.76. The fourth-order valence-electron chi connectivity index (χ4n) is 2.15. The summed E-state index contributed by atoms with van der Waals surface area (Å²) in [6.07, 6.45) is 1.51. The minimum Gasteiger partial charge on any atom is -0.468 e. The minimum atomic E-state index is -0.560. The lowest BCUT2D eigenvalue weighted by molar-refractivity contribution is -0.138. The van der Waals surface area contributed by atoms with Crippen LogP contribution in [0.1, 0.15) is 25.5 Å². The molecule has 0 saturated heterocycles. The lowest BCUT2D eigenvalue weighted by Gasteiger charge is -2.27. The van der Waals surface area contributed by atoms with Gasteiger partial charge in [0.25, 0.3) is 0 Å². The highest BCUT2D eigenvalue weighted by Crippen LogP contribution is 2.36. The van der Waals surface area contributed by atoms with E-state index in [4.69, 9.17) is 26.8 Å². The van der Waals surface area contributed by atoms with Crippen molar-refractivity contribution in [2.75, 3.05) is 6.61 Å². The molecule has 0 aromatic carbocycles. The molecule has 0 bridgehead atoms. The maximum atomic E-state index is 12.2. The molecule has 0 amide bonds. The average molecular weight is 290 g/mol. The van der Waals surface area contributed by atoms with E-state index in [9.17, 15) is 4.79 Å². The van der Waals surface area contributed by atoms with Gasteiger partial charge in [-0.05, 0) is 31.9 Å². The summed E-state index contributed by atoms with van der Waals surface area (Å²) in [6, 6.07) is 3.46. The van der Waals surface area contributed by atoms with Crippen molar-refractivity contribution in [3.05, 3.63) is 41.0 Å².